The van der Waals surface area contributed by atoms with Crippen molar-refractivity contribution in [1.29, 1.82) is 0 Å². The van der Waals surface area contributed by atoms with Crippen LogP contribution in [0, 0.1) is 0 Å². The topological polar surface area (TPSA) is 50.8 Å². The summed E-state index contributed by atoms with van der Waals surface area (Å²) >= 11 is 5.55. The summed E-state index contributed by atoms with van der Waals surface area (Å²) in [7, 11) is 3.48. The molecule has 168 valence electrons. The number of hydrogen-bond donors (Lipinski definition) is 1. The number of carbonyl (C=O) groups is 1. The fourth-order valence-electron chi connectivity index (χ4n) is 3.85. The average molecular weight is 459 g/mol. The number of rotatable bonds is 7. The summed E-state index contributed by atoms with van der Waals surface area (Å²) < 4.78 is 11.6. The van der Waals surface area contributed by atoms with Gasteiger partial charge in [-0.2, -0.15) is 0 Å². The Morgan fingerprint density at radius 3 is 2.33 bits per heavy atom. The summed E-state index contributed by atoms with van der Waals surface area (Å²) in [6.07, 6.45) is 0. The predicted octanol–water partition coefficient (Wildman–Crippen LogP) is 5.29. The van der Waals surface area contributed by atoms with Gasteiger partial charge in [-0.25, -0.2) is 0 Å². The van der Waals surface area contributed by atoms with Gasteiger partial charge in [0.1, 0.15) is 6.61 Å². The minimum Gasteiger partial charge on any atom is -0.493 e. The maximum atomic E-state index is 13.5. The first kappa shape index (κ1) is 22.6. The van der Waals surface area contributed by atoms with Crippen LogP contribution in [0.3, 0.4) is 0 Å². The zero-order valence-corrected chi connectivity index (χ0v) is 19.7. The van der Waals surface area contributed by atoms with Gasteiger partial charge in [0.2, 0.25) is 0 Å². The SMILES string of the molecule is COc1ccc(C2NC(=S)N(C)C(C)=C2C(=O)c2ccccc2)cc1OCc1ccccc1. The third-order valence-corrected chi connectivity index (χ3v) is 6.18. The monoisotopic (exact) mass is 458 g/mol. The molecular weight excluding hydrogens is 432 g/mol. The van der Waals surface area contributed by atoms with E-state index in [4.69, 9.17) is 21.7 Å². The number of nitrogens with zero attached hydrogens (tertiary/aromatic N) is 1. The summed E-state index contributed by atoms with van der Waals surface area (Å²) in [6.45, 7) is 2.33. The van der Waals surface area contributed by atoms with Gasteiger partial charge in [-0.05, 0) is 42.4 Å². The van der Waals surface area contributed by atoms with Crippen molar-refractivity contribution < 1.29 is 14.3 Å². The van der Waals surface area contributed by atoms with Crippen LogP contribution in [-0.4, -0.2) is 30.0 Å². The van der Waals surface area contributed by atoms with E-state index in [0.29, 0.717) is 34.4 Å². The van der Waals surface area contributed by atoms with E-state index in [1.807, 2.05) is 97.7 Å². The van der Waals surface area contributed by atoms with E-state index in [9.17, 15) is 4.79 Å². The van der Waals surface area contributed by atoms with Gasteiger partial charge >= 0.3 is 0 Å². The van der Waals surface area contributed by atoms with E-state index >= 15 is 0 Å². The Balaban J connectivity index is 1.72. The summed E-state index contributed by atoms with van der Waals surface area (Å²) in [4.78, 5) is 15.4. The number of nitrogens with one attached hydrogen (secondary N) is 1. The fourth-order valence-corrected chi connectivity index (χ4v) is 4.10. The Kier molecular flexibility index (Phi) is 6.75. The molecule has 1 aliphatic rings. The van der Waals surface area contributed by atoms with Crippen molar-refractivity contribution in [3.05, 3.63) is 107 Å². The lowest BCUT2D eigenvalue weighted by atomic mass is 9.89. The van der Waals surface area contributed by atoms with Gasteiger partial charge in [0.05, 0.1) is 13.2 Å². The minimum absolute atomic E-state index is 0.0393. The summed E-state index contributed by atoms with van der Waals surface area (Å²) in [5.74, 6) is 1.19. The first-order chi connectivity index (χ1) is 16.0. The van der Waals surface area contributed by atoms with Crippen molar-refractivity contribution in [2.45, 2.75) is 19.6 Å². The lowest BCUT2D eigenvalue weighted by molar-refractivity contribution is 0.102. The zero-order valence-electron chi connectivity index (χ0n) is 18.9. The van der Waals surface area contributed by atoms with Gasteiger partial charge in [0, 0.05) is 23.9 Å². The number of ketones is 1. The molecule has 3 aromatic rings. The molecule has 1 N–H and O–H groups in total. The molecule has 0 aliphatic carbocycles. The molecule has 5 nitrogen and oxygen atoms in total. The molecular formula is C27H26N2O3S. The number of allylic oxidation sites excluding steroid dienone is 1. The van der Waals surface area contributed by atoms with Crippen molar-refractivity contribution in [1.82, 2.24) is 10.2 Å². The van der Waals surface area contributed by atoms with Crippen LogP contribution >= 0.6 is 12.2 Å². The number of hydrogen-bond acceptors (Lipinski definition) is 4. The highest BCUT2D eigenvalue weighted by Gasteiger charge is 2.33. The lowest BCUT2D eigenvalue weighted by Gasteiger charge is -2.36. The quantitative estimate of drug-likeness (QED) is 0.383. The van der Waals surface area contributed by atoms with Crippen LogP contribution in [0.4, 0.5) is 0 Å². The van der Waals surface area contributed by atoms with Crippen molar-refractivity contribution in [2.24, 2.45) is 0 Å². The number of thiocarbonyl (C=S) groups is 1. The van der Waals surface area contributed by atoms with Crippen LogP contribution in [0.2, 0.25) is 0 Å². The first-order valence-corrected chi connectivity index (χ1v) is 11.1. The number of benzene rings is 3. The van der Waals surface area contributed by atoms with Crippen LogP contribution < -0.4 is 14.8 Å². The van der Waals surface area contributed by atoms with E-state index in [1.165, 1.54) is 0 Å². The maximum Gasteiger partial charge on any atom is 0.193 e. The Hall–Kier alpha value is -3.64. The highest BCUT2D eigenvalue weighted by atomic mass is 32.1. The van der Waals surface area contributed by atoms with Crippen LogP contribution in [0.5, 0.6) is 11.5 Å². The molecule has 0 radical (unpaired) electrons. The number of carbonyl (C=O) groups excluding carboxylic acids is 1. The van der Waals surface area contributed by atoms with Crippen LogP contribution in [-0.2, 0) is 6.61 Å². The summed E-state index contributed by atoms with van der Waals surface area (Å²) in [6, 6.07) is 24.5. The number of ether oxygens (including phenoxy) is 2. The van der Waals surface area contributed by atoms with Crippen LogP contribution in [0.15, 0.2) is 90.1 Å². The van der Waals surface area contributed by atoms with Crippen molar-refractivity contribution in [3.63, 3.8) is 0 Å². The molecule has 1 heterocycles. The second-order valence-corrected chi connectivity index (χ2v) is 8.21. The highest BCUT2D eigenvalue weighted by molar-refractivity contribution is 7.80. The summed E-state index contributed by atoms with van der Waals surface area (Å²) in [5, 5.41) is 3.89. The molecule has 1 atom stereocenters. The van der Waals surface area contributed by atoms with E-state index in [-0.39, 0.29) is 5.78 Å². The van der Waals surface area contributed by atoms with Gasteiger partial charge in [-0.3, -0.25) is 4.79 Å². The van der Waals surface area contributed by atoms with Gasteiger partial charge in [-0.1, -0.05) is 66.7 Å². The Morgan fingerprint density at radius 1 is 1.00 bits per heavy atom. The van der Waals surface area contributed by atoms with E-state index in [0.717, 1.165) is 16.8 Å². The molecule has 0 bridgehead atoms. The highest BCUT2D eigenvalue weighted by Crippen LogP contribution is 2.37. The maximum absolute atomic E-state index is 13.5. The number of Topliss-reactive ketones (excluding diaryl/α,β-unsaturated/α-hetero) is 1. The van der Waals surface area contributed by atoms with Gasteiger partial charge < -0.3 is 19.7 Å². The van der Waals surface area contributed by atoms with Crippen molar-refractivity contribution in [3.8, 4) is 11.5 Å². The number of methoxy groups -OCH3 is 1. The first-order valence-electron chi connectivity index (χ1n) is 10.7. The van der Waals surface area contributed by atoms with Gasteiger partial charge in [0.25, 0.3) is 0 Å². The third kappa shape index (κ3) is 4.76. The normalized spacial score (nSPS) is 15.8. The zero-order chi connectivity index (χ0) is 23.4. The van der Waals surface area contributed by atoms with E-state index < -0.39 is 6.04 Å². The second-order valence-electron chi connectivity index (χ2n) is 7.82. The molecule has 3 aromatic carbocycles. The fraction of sp³-hybridized carbons (Fsp3) is 0.185. The third-order valence-electron chi connectivity index (χ3n) is 5.79. The molecule has 1 unspecified atom stereocenters. The molecule has 0 aromatic heterocycles. The van der Waals surface area contributed by atoms with Crippen molar-refractivity contribution >= 4 is 23.1 Å². The van der Waals surface area contributed by atoms with E-state index in [1.54, 1.807) is 7.11 Å². The Morgan fingerprint density at radius 2 is 1.67 bits per heavy atom. The smallest absolute Gasteiger partial charge is 0.193 e. The average Bonchev–Trinajstić information content (AvgIpc) is 2.86. The lowest BCUT2D eigenvalue weighted by Crippen LogP contribution is -2.45. The Bertz CT molecular complexity index is 1190. The second kappa shape index (κ2) is 9.88. The van der Waals surface area contributed by atoms with Gasteiger partial charge in [-0.15, -0.1) is 0 Å². The standard InChI is InChI=1S/C27H26N2O3S/c1-18-24(26(30)20-12-8-5-9-13-20)25(28-27(33)29(18)2)21-14-15-22(31-3)23(16-21)32-17-19-10-6-4-7-11-19/h4-16,25H,17H2,1-3H3,(H,28,33). The molecule has 1 aliphatic heterocycles. The molecule has 4 rings (SSSR count). The Labute approximate surface area is 199 Å². The van der Waals surface area contributed by atoms with Crippen LogP contribution in [0.1, 0.15) is 34.5 Å². The molecule has 0 saturated carbocycles. The van der Waals surface area contributed by atoms with Crippen molar-refractivity contribution in [2.75, 3.05) is 14.2 Å². The largest absolute Gasteiger partial charge is 0.493 e. The molecule has 6 heteroatoms. The molecule has 0 spiro atoms. The molecule has 0 amide bonds. The summed E-state index contributed by atoms with van der Waals surface area (Å²) in [5.41, 5.74) is 4.03. The van der Waals surface area contributed by atoms with Gasteiger partial charge in [0.15, 0.2) is 22.4 Å². The molecule has 0 fully saturated rings. The minimum atomic E-state index is -0.411. The molecule has 33 heavy (non-hydrogen) atoms. The molecule has 0 saturated heterocycles. The van der Waals surface area contributed by atoms with Crippen LogP contribution in [0.25, 0.3) is 0 Å². The predicted molar refractivity (Wildman–Crippen MR) is 133 cm³/mol. The van der Waals surface area contributed by atoms with E-state index in [2.05, 4.69) is 5.32 Å².